The minimum absolute atomic E-state index is 0.0454. The number of carbonyl (C=O) groups is 1. The van der Waals surface area contributed by atoms with E-state index in [0.717, 1.165) is 36.8 Å². The van der Waals surface area contributed by atoms with Gasteiger partial charge in [0.15, 0.2) is 11.6 Å². The van der Waals surface area contributed by atoms with Gasteiger partial charge in [-0.1, -0.05) is 37.3 Å². The van der Waals surface area contributed by atoms with Gasteiger partial charge < -0.3 is 9.84 Å². The van der Waals surface area contributed by atoms with Crippen LogP contribution in [0.4, 0.5) is 8.78 Å². The maximum Gasteiger partial charge on any atom is 0.303 e. The minimum atomic E-state index is -1.06. The molecule has 1 N–H and O–H groups in total. The number of allylic oxidation sites excluding steroid dienone is 1. The summed E-state index contributed by atoms with van der Waals surface area (Å²) in [5.74, 6) is -3.28. The summed E-state index contributed by atoms with van der Waals surface area (Å²) >= 11 is 0. The molecule has 1 aliphatic carbocycles. The first-order chi connectivity index (χ1) is 13.5. The van der Waals surface area contributed by atoms with E-state index in [1.807, 2.05) is 0 Å². The molecule has 1 aliphatic rings. The van der Waals surface area contributed by atoms with Crippen LogP contribution in [0.2, 0.25) is 0 Å². The Kier molecular flexibility index (Phi) is 6.45. The van der Waals surface area contributed by atoms with Crippen LogP contribution < -0.4 is 4.74 Å². The van der Waals surface area contributed by atoms with E-state index in [1.54, 1.807) is 0 Å². The highest BCUT2D eigenvalue weighted by molar-refractivity contribution is 5.71. The van der Waals surface area contributed by atoms with E-state index in [1.165, 1.54) is 23.3 Å². The first-order valence-corrected chi connectivity index (χ1v) is 9.61. The third-order valence-corrected chi connectivity index (χ3v) is 5.18. The lowest BCUT2D eigenvalue weighted by atomic mass is 10.0. The Morgan fingerprint density at radius 2 is 1.82 bits per heavy atom. The Balaban J connectivity index is 1.73. The van der Waals surface area contributed by atoms with E-state index in [0.29, 0.717) is 0 Å². The second kappa shape index (κ2) is 9.00. The molecule has 0 saturated heterocycles. The van der Waals surface area contributed by atoms with Crippen molar-refractivity contribution >= 4 is 11.5 Å². The molecule has 0 heterocycles. The van der Waals surface area contributed by atoms with Gasteiger partial charge in [0.05, 0.1) is 0 Å². The molecule has 2 aromatic rings. The highest BCUT2D eigenvalue weighted by Crippen LogP contribution is 2.35. The normalized spacial score (nSPS) is 13.8. The predicted molar refractivity (Wildman–Crippen MR) is 104 cm³/mol. The summed E-state index contributed by atoms with van der Waals surface area (Å²) in [5, 5.41) is 8.70. The van der Waals surface area contributed by atoms with E-state index in [4.69, 9.17) is 9.84 Å². The number of ether oxygens (including phenoxy) is 1. The lowest BCUT2D eigenvalue weighted by molar-refractivity contribution is -0.136. The number of rotatable bonds is 8. The van der Waals surface area contributed by atoms with Crippen LogP contribution in [-0.4, -0.2) is 17.7 Å². The van der Waals surface area contributed by atoms with Gasteiger partial charge in [-0.3, -0.25) is 4.79 Å². The van der Waals surface area contributed by atoms with E-state index >= 15 is 0 Å². The van der Waals surface area contributed by atoms with Crippen molar-refractivity contribution in [3.8, 4) is 5.75 Å². The zero-order valence-electron chi connectivity index (χ0n) is 15.9. The highest BCUT2D eigenvalue weighted by atomic mass is 19.2. The summed E-state index contributed by atoms with van der Waals surface area (Å²) in [6.07, 6.45) is 3.54. The molecule has 3 rings (SSSR count). The predicted octanol–water partition coefficient (Wildman–Crippen LogP) is 5.56. The summed E-state index contributed by atoms with van der Waals surface area (Å²) in [6.45, 7) is 2.33. The first kappa shape index (κ1) is 20.1. The Hall–Kier alpha value is -2.69. The molecular formula is C23H24F2O3. The van der Waals surface area contributed by atoms with Gasteiger partial charge in [0.2, 0.25) is 5.82 Å². The smallest absolute Gasteiger partial charge is 0.303 e. The van der Waals surface area contributed by atoms with E-state index in [9.17, 15) is 13.6 Å². The SMILES string of the molecule is CCc1ccc(C2=C(COc3ccc(CCC(=O)O)c(F)c3F)CCC2)cc1. The first-order valence-electron chi connectivity index (χ1n) is 9.61. The van der Waals surface area contributed by atoms with Crippen LogP contribution in [0.5, 0.6) is 5.75 Å². The molecule has 0 spiro atoms. The molecule has 3 nitrogen and oxygen atoms in total. The van der Waals surface area contributed by atoms with Gasteiger partial charge >= 0.3 is 5.97 Å². The van der Waals surface area contributed by atoms with Gasteiger partial charge in [0, 0.05) is 6.42 Å². The van der Waals surface area contributed by atoms with Gasteiger partial charge in [-0.05, 0) is 66.0 Å². The third kappa shape index (κ3) is 4.58. The number of hydrogen-bond acceptors (Lipinski definition) is 2. The van der Waals surface area contributed by atoms with Crippen molar-refractivity contribution in [2.24, 2.45) is 0 Å². The monoisotopic (exact) mass is 386 g/mol. The van der Waals surface area contributed by atoms with E-state index in [2.05, 4.69) is 31.2 Å². The fourth-order valence-electron chi connectivity index (χ4n) is 3.54. The van der Waals surface area contributed by atoms with Gasteiger partial charge in [0.25, 0.3) is 0 Å². The Morgan fingerprint density at radius 3 is 2.50 bits per heavy atom. The number of aliphatic carboxylic acids is 1. The van der Waals surface area contributed by atoms with Crippen molar-refractivity contribution in [2.75, 3.05) is 6.61 Å². The summed E-state index contributed by atoms with van der Waals surface area (Å²) in [4.78, 5) is 10.6. The lowest BCUT2D eigenvalue weighted by Gasteiger charge is -2.13. The summed E-state index contributed by atoms with van der Waals surface area (Å²) in [6, 6.07) is 11.2. The molecule has 148 valence electrons. The van der Waals surface area contributed by atoms with Crippen molar-refractivity contribution in [2.45, 2.75) is 45.4 Å². The number of carboxylic acid groups (broad SMARTS) is 1. The Labute approximate surface area is 163 Å². The molecular weight excluding hydrogens is 362 g/mol. The van der Waals surface area contributed by atoms with Gasteiger partial charge in [-0.25, -0.2) is 4.39 Å². The van der Waals surface area contributed by atoms with Crippen molar-refractivity contribution in [3.05, 3.63) is 70.3 Å². The van der Waals surface area contributed by atoms with Crippen molar-refractivity contribution in [1.82, 2.24) is 0 Å². The van der Waals surface area contributed by atoms with Gasteiger partial charge in [-0.2, -0.15) is 4.39 Å². The standard InChI is InChI=1S/C23H24F2O3/c1-2-15-6-8-16(9-7-15)19-5-3-4-18(19)14-28-20-12-10-17(11-13-21(26)27)22(24)23(20)25/h6-10,12H,2-5,11,13-14H2,1H3,(H,26,27). The van der Waals surface area contributed by atoms with Gasteiger partial charge in [0.1, 0.15) is 6.61 Å². The van der Waals surface area contributed by atoms with Crippen LogP contribution >= 0.6 is 0 Å². The topological polar surface area (TPSA) is 46.5 Å². The van der Waals surface area contributed by atoms with Crippen molar-refractivity contribution < 1.29 is 23.4 Å². The molecule has 0 aromatic heterocycles. The van der Waals surface area contributed by atoms with Crippen LogP contribution in [0.15, 0.2) is 42.0 Å². The largest absolute Gasteiger partial charge is 0.486 e. The third-order valence-electron chi connectivity index (χ3n) is 5.18. The van der Waals surface area contributed by atoms with Crippen LogP contribution in [-0.2, 0) is 17.6 Å². The molecule has 2 aromatic carbocycles. The molecule has 0 saturated carbocycles. The molecule has 0 aliphatic heterocycles. The second-order valence-corrected chi connectivity index (χ2v) is 7.02. The summed E-state index contributed by atoms with van der Waals surface area (Å²) in [7, 11) is 0. The Bertz CT molecular complexity index is 885. The molecule has 0 fully saturated rings. The van der Waals surface area contributed by atoms with Crippen LogP contribution in [0.1, 0.15) is 49.3 Å². The van der Waals surface area contributed by atoms with E-state index in [-0.39, 0.29) is 30.8 Å². The fourth-order valence-corrected chi connectivity index (χ4v) is 3.54. The van der Waals surface area contributed by atoms with Crippen LogP contribution in [0.25, 0.3) is 5.57 Å². The molecule has 28 heavy (non-hydrogen) atoms. The van der Waals surface area contributed by atoms with Crippen molar-refractivity contribution in [3.63, 3.8) is 0 Å². The maximum atomic E-state index is 14.3. The van der Waals surface area contributed by atoms with Crippen LogP contribution in [0.3, 0.4) is 0 Å². The number of aryl methyl sites for hydroxylation is 2. The number of hydrogen-bond donors (Lipinski definition) is 1. The molecule has 0 unspecified atom stereocenters. The molecule has 0 radical (unpaired) electrons. The summed E-state index contributed by atoms with van der Waals surface area (Å²) < 4.78 is 34.1. The Morgan fingerprint density at radius 1 is 1.07 bits per heavy atom. The summed E-state index contributed by atoms with van der Waals surface area (Å²) in [5.41, 5.74) is 4.81. The minimum Gasteiger partial charge on any atom is -0.486 e. The van der Waals surface area contributed by atoms with Crippen molar-refractivity contribution in [1.29, 1.82) is 0 Å². The molecule has 0 atom stereocenters. The average Bonchev–Trinajstić information content (AvgIpc) is 3.17. The quantitative estimate of drug-likeness (QED) is 0.646. The molecule has 0 amide bonds. The number of halogens is 2. The zero-order valence-corrected chi connectivity index (χ0v) is 15.9. The molecule has 0 bridgehead atoms. The van der Waals surface area contributed by atoms with Crippen LogP contribution in [0, 0.1) is 11.6 Å². The maximum absolute atomic E-state index is 14.3. The fraction of sp³-hybridized carbons (Fsp3) is 0.348. The van der Waals surface area contributed by atoms with E-state index < -0.39 is 17.6 Å². The average molecular weight is 386 g/mol. The number of carboxylic acids is 1. The highest BCUT2D eigenvalue weighted by Gasteiger charge is 2.19. The van der Waals surface area contributed by atoms with Gasteiger partial charge in [-0.15, -0.1) is 0 Å². The zero-order chi connectivity index (χ0) is 20.1. The second-order valence-electron chi connectivity index (χ2n) is 7.02. The molecule has 5 heteroatoms. The lowest BCUT2D eigenvalue weighted by Crippen LogP contribution is -2.06. The number of benzene rings is 2.